The van der Waals surface area contributed by atoms with Crippen molar-refractivity contribution in [2.24, 2.45) is 0 Å². The minimum absolute atomic E-state index is 0.0832. The van der Waals surface area contributed by atoms with Crippen LogP contribution in [0, 0.1) is 18.3 Å². The molecule has 19 heavy (non-hydrogen) atoms. The molecule has 3 nitrogen and oxygen atoms in total. The third kappa shape index (κ3) is 2.98. The Labute approximate surface area is 109 Å². The summed E-state index contributed by atoms with van der Waals surface area (Å²) in [5.41, 5.74) is -0.699. The first-order valence-electron chi connectivity index (χ1n) is 6.07. The predicted molar refractivity (Wildman–Crippen MR) is 61.6 cm³/mol. The van der Waals surface area contributed by atoms with Gasteiger partial charge in [-0.2, -0.15) is 18.4 Å². The fraction of sp³-hybridized carbons (Fsp3) is 0.538. The van der Waals surface area contributed by atoms with Crippen LogP contribution in [0.2, 0.25) is 0 Å². The van der Waals surface area contributed by atoms with Gasteiger partial charge in [-0.15, -0.1) is 0 Å². The number of aromatic nitrogens is 1. The first-order valence-corrected chi connectivity index (χ1v) is 6.07. The zero-order valence-corrected chi connectivity index (χ0v) is 10.4. The lowest BCUT2D eigenvalue weighted by Crippen LogP contribution is -2.16. The maximum atomic E-state index is 12.7. The fourth-order valence-corrected chi connectivity index (χ4v) is 2.17. The molecule has 0 unspecified atom stereocenters. The van der Waals surface area contributed by atoms with Crippen LogP contribution < -0.4 is 4.74 Å². The second-order valence-electron chi connectivity index (χ2n) is 4.64. The normalized spacial score (nSPS) is 16.4. The second-order valence-corrected chi connectivity index (χ2v) is 4.64. The minimum atomic E-state index is -4.54. The molecule has 1 aliphatic rings. The van der Waals surface area contributed by atoms with Crippen molar-refractivity contribution in [1.29, 1.82) is 5.26 Å². The van der Waals surface area contributed by atoms with Crippen LogP contribution in [-0.2, 0) is 6.18 Å². The molecular formula is C13H13F3N2O. The molecule has 0 amide bonds. The summed E-state index contributed by atoms with van der Waals surface area (Å²) in [6, 6.07) is 2.74. The molecule has 1 fully saturated rings. The SMILES string of the molecule is Cc1cc(C(F)(F)F)nc(OC2CCCC2)c1C#N. The Morgan fingerprint density at radius 1 is 1.37 bits per heavy atom. The van der Waals surface area contributed by atoms with Crippen molar-refractivity contribution in [2.45, 2.75) is 44.9 Å². The molecule has 1 saturated carbocycles. The molecule has 1 aromatic heterocycles. The van der Waals surface area contributed by atoms with Gasteiger partial charge < -0.3 is 4.74 Å². The van der Waals surface area contributed by atoms with E-state index in [1.54, 1.807) is 0 Å². The Morgan fingerprint density at radius 2 is 2.00 bits per heavy atom. The van der Waals surface area contributed by atoms with E-state index in [2.05, 4.69) is 4.98 Å². The van der Waals surface area contributed by atoms with E-state index in [1.165, 1.54) is 6.92 Å². The van der Waals surface area contributed by atoms with Crippen LogP contribution in [0.25, 0.3) is 0 Å². The Balaban J connectivity index is 2.38. The lowest BCUT2D eigenvalue weighted by Gasteiger charge is -2.16. The summed E-state index contributed by atoms with van der Waals surface area (Å²) < 4.78 is 43.6. The van der Waals surface area contributed by atoms with E-state index in [1.807, 2.05) is 6.07 Å². The van der Waals surface area contributed by atoms with E-state index >= 15 is 0 Å². The van der Waals surface area contributed by atoms with Crippen molar-refractivity contribution in [3.05, 3.63) is 22.9 Å². The average molecular weight is 270 g/mol. The van der Waals surface area contributed by atoms with Crippen molar-refractivity contribution in [3.8, 4) is 11.9 Å². The topological polar surface area (TPSA) is 45.9 Å². The zero-order valence-electron chi connectivity index (χ0n) is 10.4. The highest BCUT2D eigenvalue weighted by atomic mass is 19.4. The monoisotopic (exact) mass is 270 g/mol. The van der Waals surface area contributed by atoms with Crippen LogP contribution in [0.15, 0.2) is 6.07 Å². The molecule has 1 aromatic rings. The van der Waals surface area contributed by atoms with Crippen molar-refractivity contribution in [3.63, 3.8) is 0 Å². The van der Waals surface area contributed by atoms with Crippen LogP contribution in [0.5, 0.6) is 5.88 Å². The number of nitrogens with zero attached hydrogens (tertiary/aromatic N) is 2. The summed E-state index contributed by atoms with van der Waals surface area (Å²) in [4.78, 5) is 3.47. The molecule has 1 heterocycles. The van der Waals surface area contributed by atoms with Gasteiger partial charge in [0, 0.05) is 0 Å². The van der Waals surface area contributed by atoms with Gasteiger partial charge in [-0.1, -0.05) is 0 Å². The van der Waals surface area contributed by atoms with Gasteiger partial charge in [-0.25, -0.2) is 4.98 Å². The molecule has 0 spiro atoms. The molecule has 0 aliphatic heterocycles. The summed E-state index contributed by atoms with van der Waals surface area (Å²) in [5, 5.41) is 9.02. The highest BCUT2D eigenvalue weighted by molar-refractivity contribution is 5.45. The predicted octanol–water partition coefficient (Wildman–Crippen LogP) is 3.60. The molecule has 0 saturated heterocycles. The molecule has 0 atom stereocenters. The summed E-state index contributed by atoms with van der Waals surface area (Å²) in [7, 11) is 0. The molecule has 102 valence electrons. The average Bonchev–Trinajstić information content (AvgIpc) is 2.80. The number of halogens is 3. The number of aryl methyl sites for hydroxylation is 1. The van der Waals surface area contributed by atoms with E-state index in [9.17, 15) is 13.2 Å². The first-order chi connectivity index (χ1) is 8.91. The Kier molecular flexibility index (Phi) is 3.65. The van der Waals surface area contributed by atoms with Crippen LogP contribution in [-0.4, -0.2) is 11.1 Å². The van der Waals surface area contributed by atoms with E-state index < -0.39 is 11.9 Å². The Bertz CT molecular complexity index is 514. The summed E-state index contributed by atoms with van der Waals surface area (Å²) in [6.45, 7) is 1.46. The molecule has 2 rings (SSSR count). The van der Waals surface area contributed by atoms with E-state index in [0.29, 0.717) is 0 Å². The number of rotatable bonds is 2. The van der Waals surface area contributed by atoms with Gasteiger partial charge >= 0.3 is 6.18 Å². The Hall–Kier alpha value is -1.77. The number of pyridine rings is 1. The van der Waals surface area contributed by atoms with Gasteiger partial charge in [0.05, 0.1) is 0 Å². The fourth-order valence-electron chi connectivity index (χ4n) is 2.17. The van der Waals surface area contributed by atoms with Crippen molar-refractivity contribution >= 4 is 0 Å². The van der Waals surface area contributed by atoms with Crippen LogP contribution in [0.4, 0.5) is 13.2 Å². The largest absolute Gasteiger partial charge is 0.473 e. The second kappa shape index (κ2) is 5.08. The number of ether oxygens (including phenoxy) is 1. The summed E-state index contributed by atoms with van der Waals surface area (Å²) in [6.07, 6.45) is -1.10. The van der Waals surface area contributed by atoms with Gasteiger partial charge in [0.1, 0.15) is 23.4 Å². The molecule has 0 aromatic carbocycles. The number of hydrogen-bond donors (Lipinski definition) is 0. The van der Waals surface area contributed by atoms with Crippen molar-refractivity contribution in [1.82, 2.24) is 4.98 Å². The lowest BCUT2D eigenvalue weighted by molar-refractivity contribution is -0.141. The summed E-state index contributed by atoms with van der Waals surface area (Å²) >= 11 is 0. The van der Waals surface area contributed by atoms with E-state index in [-0.39, 0.29) is 23.1 Å². The number of hydrogen-bond acceptors (Lipinski definition) is 3. The first kappa shape index (κ1) is 13.7. The molecule has 0 N–H and O–H groups in total. The Morgan fingerprint density at radius 3 is 2.53 bits per heavy atom. The lowest BCUT2D eigenvalue weighted by atomic mass is 10.1. The molecular weight excluding hydrogens is 257 g/mol. The standard InChI is InChI=1S/C13H13F3N2O/c1-8-6-11(13(14,15)16)18-12(10(8)7-17)19-9-4-2-3-5-9/h6,9H,2-5H2,1H3. The highest BCUT2D eigenvalue weighted by Crippen LogP contribution is 2.33. The smallest absolute Gasteiger partial charge is 0.433 e. The van der Waals surface area contributed by atoms with E-state index in [4.69, 9.17) is 10.00 Å². The van der Waals surface area contributed by atoms with Crippen molar-refractivity contribution in [2.75, 3.05) is 0 Å². The van der Waals surface area contributed by atoms with Gasteiger partial charge in [0.15, 0.2) is 0 Å². The third-order valence-electron chi connectivity index (χ3n) is 3.17. The maximum Gasteiger partial charge on any atom is 0.433 e. The molecule has 0 radical (unpaired) electrons. The minimum Gasteiger partial charge on any atom is -0.473 e. The third-order valence-corrected chi connectivity index (χ3v) is 3.17. The van der Waals surface area contributed by atoms with E-state index in [0.717, 1.165) is 31.7 Å². The number of alkyl halides is 3. The molecule has 0 bridgehead atoms. The maximum absolute atomic E-state index is 12.7. The van der Waals surface area contributed by atoms with Gasteiger partial charge in [0.2, 0.25) is 5.88 Å². The van der Waals surface area contributed by atoms with Crippen LogP contribution >= 0.6 is 0 Å². The van der Waals surface area contributed by atoms with Crippen molar-refractivity contribution < 1.29 is 17.9 Å². The molecule has 6 heteroatoms. The quantitative estimate of drug-likeness (QED) is 0.824. The van der Waals surface area contributed by atoms with Crippen LogP contribution in [0.1, 0.15) is 42.5 Å². The van der Waals surface area contributed by atoms with Gasteiger partial charge in [-0.05, 0) is 44.2 Å². The number of nitriles is 1. The van der Waals surface area contributed by atoms with Gasteiger partial charge in [0.25, 0.3) is 0 Å². The van der Waals surface area contributed by atoms with Crippen LogP contribution in [0.3, 0.4) is 0 Å². The highest BCUT2D eigenvalue weighted by Gasteiger charge is 2.34. The van der Waals surface area contributed by atoms with Gasteiger partial charge in [-0.3, -0.25) is 0 Å². The zero-order chi connectivity index (χ0) is 14.0. The summed E-state index contributed by atoms with van der Waals surface area (Å²) in [5.74, 6) is -0.193. The molecule has 1 aliphatic carbocycles.